The first-order valence-electron chi connectivity index (χ1n) is 5.80. The molecule has 88 valence electrons. The van der Waals surface area contributed by atoms with Crippen molar-refractivity contribution in [3.05, 3.63) is 46.5 Å². The van der Waals surface area contributed by atoms with Crippen molar-refractivity contribution < 1.29 is 0 Å². The molecule has 1 rings (SSSR count). The zero-order chi connectivity index (χ0) is 12.0. The van der Waals surface area contributed by atoms with Crippen LogP contribution >= 0.6 is 15.9 Å². The zero-order valence-electron chi connectivity index (χ0n) is 10.1. The van der Waals surface area contributed by atoms with Gasteiger partial charge < -0.3 is 5.32 Å². The number of rotatable bonds is 6. The van der Waals surface area contributed by atoms with Crippen LogP contribution in [0.5, 0.6) is 0 Å². The fraction of sp³-hybridized carbons (Fsp3) is 0.429. The smallest absolute Gasteiger partial charge is 0.0357 e. The molecule has 0 amide bonds. The lowest BCUT2D eigenvalue weighted by molar-refractivity contribution is 0.535. The van der Waals surface area contributed by atoms with Crippen molar-refractivity contribution >= 4 is 15.9 Å². The van der Waals surface area contributed by atoms with E-state index in [9.17, 15) is 0 Å². The Kier molecular flexibility index (Phi) is 5.78. The highest BCUT2D eigenvalue weighted by atomic mass is 79.9. The molecule has 0 aliphatic rings. The van der Waals surface area contributed by atoms with Gasteiger partial charge in [-0.25, -0.2) is 0 Å². The molecule has 0 radical (unpaired) electrons. The molecule has 1 nitrogen and oxygen atoms in total. The summed E-state index contributed by atoms with van der Waals surface area (Å²) in [4.78, 5) is 0. The van der Waals surface area contributed by atoms with Gasteiger partial charge in [-0.15, -0.1) is 6.58 Å². The van der Waals surface area contributed by atoms with Crippen LogP contribution in [0.1, 0.15) is 36.9 Å². The first kappa shape index (κ1) is 13.5. The molecule has 16 heavy (non-hydrogen) atoms. The van der Waals surface area contributed by atoms with E-state index < -0.39 is 0 Å². The van der Waals surface area contributed by atoms with Gasteiger partial charge in [0.25, 0.3) is 0 Å². The third-order valence-electron chi connectivity index (χ3n) is 2.73. The predicted octanol–water partition coefficient (Wildman–Crippen LogP) is 4.37. The van der Waals surface area contributed by atoms with Crippen molar-refractivity contribution in [1.82, 2.24) is 5.32 Å². The molecule has 0 aromatic heterocycles. The van der Waals surface area contributed by atoms with E-state index in [4.69, 9.17) is 0 Å². The third kappa shape index (κ3) is 3.46. The number of hydrogen-bond acceptors (Lipinski definition) is 1. The van der Waals surface area contributed by atoms with Crippen molar-refractivity contribution in [2.45, 2.75) is 32.7 Å². The molecule has 0 saturated heterocycles. The molecular formula is C14H20BrN. The summed E-state index contributed by atoms with van der Waals surface area (Å²) in [7, 11) is 0. The van der Waals surface area contributed by atoms with Gasteiger partial charge in [0.15, 0.2) is 0 Å². The van der Waals surface area contributed by atoms with Gasteiger partial charge in [0.05, 0.1) is 0 Å². The first-order valence-corrected chi connectivity index (χ1v) is 6.59. The Hall–Kier alpha value is -0.600. The fourth-order valence-corrected chi connectivity index (χ4v) is 2.19. The lowest BCUT2D eigenvalue weighted by atomic mass is 9.98. The van der Waals surface area contributed by atoms with E-state index in [2.05, 4.69) is 59.9 Å². The zero-order valence-corrected chi connectivity index (χ0v) is 11.7. The molecule has 1 atom stereocenters. The van der Waals surface area contributed by atoms with Crippen LogP contribution in [0, 0.1) is 6.92 Å². The Labute approximate surface area is 107 Å². The second-order valence-electron chi connectivity index (χ2n) is 3.99. The van der Waals surface area contributed by atoms with Crippen LogP contribution in [0.2, 0.25) is 0 Å². The maximum atomic E-state index is 3.83. The number of halogens is 1. The van der Waals surface area contributed by atoms with Crippen molar-refractivity contribution in [2.75, 3.05) is 6.54 Å². The Bertz CT molecular complexity index is 347. The molecule has 1 aromatic carbocycles. The second kappa shape index (κ2) is 6.87. The minimum absolute atomic E-state index is 0.384. The Balaban J connectivity index is 2.91. The molecular weight excluding hydrogens is 262 g/mol. The monoisotopic (exact) mass is 281 g/mol. The Morgan fingerprint density at radius 1 is 1.50 bits per heavy atom. The summed E-state index contributed by atoms with van der Waals surface area (Å²) in [5.41, 5.74) is 2.68. The van der Waals surface area contributed by atoms with E-state index in [1.54, 1.807) is 0 Å². The highest BCUT2D eigenvalue weighted by Crippen LogP contribution is 2.26. The van der Waals surface area contributed by atoms with E-state index in [-0.39, 0.29) is 0 Å². The third-order valence-corrected chi connectivity index (χ3v) is 3.59. The average molecular weight is 282 g/mol. The van der Waals surface area contributed by atoms with Crippen LogP contribution in [0.25, 0.3) is 0 Å². The van der Waals surface area contributed by atoms with Crippen molar-refractivity contribution in [2.24, 2.45) is 0 Å². The van der Waals surface area contributed by atoms with Gasteiger partial charge in [0.1, 0.15) is 0 Å². The predicted molar refractivity (Wildman–Crippen MR) is 74.7 cm³/mol. The summed E-state index contributed by atoms with van der Waals surface area (Å²) in [6, 6.07) is 6.76. The molecule has 0 bridgehead atoms. The molecule has 1 N–H and O–H groups in total. The molecule has 1 unspecified atom stereocenters. The fourth-order valence-electron chi connectivity index (χ4n) is 1.81. The standard InChI is InChI=1S/C14H20BrN/c1-4-7-14(16-10-5-2)12-8-6-9-13(15)11(12)3/h4,6,8-9,14,16H,1,5,7,10H2,2-3H3. The highest BCUT2D eigenvalue weighted by Gasteiger charge is 2.12. The van der Waals surface area contributed by atoms with E-state index in [1.807, 2.05) is 6.08 Å². The van der Waals surface area contributed by atoms with Gasteiger partial charge in [-0.05, 0) is 43.5 Å². The maximum absolute atomic E-state index is 3.83. The van der Waals surface area contributed by atoms with Crippen LogP contribution in [-0.4, -0.2) is 6.54 Å². The van der Waals surface area contributed by atoms with Crippen LogP contribution < -0.4 is 5.32 Å². The first-order chi connectivity index (χ1) is 7.70. The summed E-state index contributed by atoms with van der Waals surface area (Å²) in [6.07, 6.45) is 4.10. The lowest BCUT2D eigenvalue weighted by Gasteiger charge is -2.20. The summed E-state index contributed by atoms with van der Waals surface area (Å²) >= 11 is 3.58. The van der Waals surface area contributed by atoms with Crippen LogP contribution in [0.15, 0.2) is 35.3 Å². The van der Waals surface area contributed by atoms with Crippen molar-refractivity contribution in [3.63, 3.8) is 0 Å². The van der Waals surface area contributed by atoms with Crippen LogP contribution in [0.4, 0.5) is 0 Å². The molecule has 0 aliphatic heterocycles. The number of nitrogens with one attached hydrogen (secondary N) is 1. The van der Waals surface area contributed by atoms with E-state index >= 15 is 0 Å². The molecule has 0 spiro atoms. The summed E-state index contributed by atoms with van der Waals surface area (Å²) in [6.45, 7) is 9.22. The maximum Gasteiger partial charge on any atom is 0.0357 e. The highest BCUT2D eigenvalue weighted by molar-refractivity contribution is 9.10. The van der Waals surface area contributed by atoms with E-state index in [1.165, 1.54) is 15.6 Å². The van der Waals surface area contributed by atoms with Gasteiger partial charge in [-0.1, -0.05) is 41.1 Å². The number of hydrogen-bond donors (Lipinski definition) is 1. The SMILES string of the molecule is C=CCC(NCCC)c1cccc(Br)c1C. The van der Waals surface area contributed by atoms with Gasteiger partial charge in [-0.2, -0.15) is 0 Å². The van der Waals surface area contributed by atoms with Gasteiger partial charge in [0, 0.05) is 10.5 Å². The number of benzene rings is 1. The Morgan fingerprint density at radius 3 is 2.88 bits per heavy atom. The molecule has 0 saturated carbocycles. The van der Waals surface area contributed by atoms with Crippen LogP contribution in [0.3, 0.4) is 0 Å². The van der Waals surface area contributed by atoms with Gasteiger partial charge in [0.2, 0.25) is 0 Å². The largest absolute Gasteiger partial charge is 0.310 e. The second-order valence-corrected chi connectivity index (χ2v) is 4.84. The summed E-state index contributed by atoms with van der Waals surface area (Å²) in [5.74, 6) is 0. The van der Waals surface area contributed by atoms with Gasteiger partial charge in [-0.3, -0.25) is 0 Å². The normalized spacial score (nSPS) is 12.4. The van der Waals surface area contributed by atoms with E-state index in [0.717, 1.165) is 19.4 Å². The molecule has 2 heteroatoms. The topological polar surface area (TPSA) is 12.0 Å². The van der Waals surface area contributed by atoms with Gasteiger partial charge >= 0.3 is 0 Å². The average Bonchev–Trinajstić information content (AvgIpc) is 2.28. The minimum Gasteiger partial charge on any atom is -0.310 e. The summed E-state index contributed by atoms with van der Waals surface area (Å²) in [5, 5.41) is 3.56. The van der Waals surface area contributed by atoms with Crippen molar-refractivity contribution in [1.29, 1.82) is 0 Å². The van der Waals surface area contributed by atoms with E-state index in [0.29, 0.717) is 6.04 Å². The quantitative estimate of drug-likeness (QED) is 0.764. The van der Waals surface area contributed by atoms with Crippen molar-refractivity contribution in [3.8, 4) is 0 Å². The molecule has 0 fully saturated rings. The Morgan fingerprint density at radius 2 is 2.25 bits per heavy atom. The molecule has 1 aromatic rings. The van der Waals surface area contributed by atoms with Crippen LogP contribution in [-0.2, 0) is 0 Å². The summed E-state index contributed by atoms with van der Waals surface area (Å²) < 4.78 is 1.18. The molecule has 0 heterocycles. The molecule has 0 aliphatic carbocycles. The minimum atomic E-state index is 0.384. The lowest BCUT2D eigenvalue weighted by Crippen LogP contribution is -2.22.